The minimum Gasteiger partial charge on any atom is -0.167 e. The highest BCUT2D eigenvalue weighted by molar-refractivity contribution is 7.17. The molecule has 0 N–H and O–H groups in total. The lowest BCUT2D eigenvalue weighted by atomic mass is 10.1. The van der Waals surface area contributed by atoms with Crippen LogP contribution in [0.1, 0.15) is 5.56 Å². The predicted octanol–water partition coefficient (Wildman–Crippen LogP) is 4.48. The molecule has 0 fully saturated rings. The number of alkyl halides is 3. The lowest BCUT2D eigenvalue weighted by Crippen LogP contribution is -1.99. The molecule has 1 aromatic carbocycles. The molecule has 0 amide bonds. The highest BCUT2D eigenvalue weighted by Gasteiger charge is 2.21. The highest BCUT2D eigenvalue weighted by Crippen LogP contribution is 2.23. The van der Waals surface area contributed by atoms with Crippen LogP contribution in [0.2, 0.25) is 0 Å². The quantitative estimate of drug-likeness (QED) is 0.675. The van der Waals surface area contributed by atoms with E-state index in [-0.39, 0.29) is 6.08 Å². The van der Waals surface area contributed by atoms with E-state index in [0.717, 1.165) is 16.2 Å². The van der Waals surface area contributed by atoms with Crippen LogP contribution in [0.5, 0.6) is 0 Å². The second kappa shape index (κ2) is 3.70. The minimum atomic E-state index is -4.25. The van der Waals surface area contributed by atoms with Gasteiger partial charge in [-0.3, -0.25) is 0 Å². The van der Waals surface area contributed by atoms with Crippen LogP contribution >= 0.6 is 11.3 Å². The maximum Gasteiger partial charge on any atom is 0.409 e. The van der Waals surface area contributed by atoms with E-state index in [1.54, 1.807) is 23.5 Å². The van der Waals surface area contributed by atoms with E-state index in [0.29, 0.717) is 5.56 Å². The number of allylic oxidation sites excluding steroid dienone is 1. The van der Waals surface area contributed by atoms with E-state index in [2.05, 4.69) is 0 Å². The standard InChI is InChI=1S/C11H7F3S/c12-11(13,14)5-3-8-1-2-10-9(7-8)4-6-15-10/h1-7H. The molecular weight excluding hydrogens is 221 g/mol. The fourth-order valence-electron chi connectivity index (χ4n) is 1.28. The summed E-state index contributed by atoms with van der Waals surface area (Å²) >= 11 is 1.57. The Hall–Kier alpha value is -1.29. The van der Waals surface area contributed by atoms with Crippen molar-refractivity contribution in [2.24, 2.45) is 0 Å². The molecule has 0 atom stereocenters. The summed E-state index contributed by atoms with van der Waals surface area (Å²) < 4.78 is 36.8. The van der Waals surface area contributed by atoms with Crippen LogP contribution in [0.4, 0.5) is 13.2 Å². The zero-order chi connectivity index (χ0) is 10.9. The van der Waals surface area contributed by atoms with Crippen LogP contribution in [0.3, 0.4) is 0 Å². The molecule has 78 valence electrons. The van der Waals surface area contributed by atoms with Crippen molar-refractivity contribution in [2.75, 3.05) is 0 Å². The number of benzene rings is 1. The van der Waals surface area contributed by atoms with Gasteiger partial charge in [0.2, 0.25) is 0 Å². The molecule has 4 heteroatoms. The number of hydrogen-bond donors (Lipinski definition) is 0. The Morgan fingerprint density at radius 1 is 1.13 bits per heavy atom. The number of hydrogen-bond acceptors (Lipinski definition) is 1. The number of fused-ring (bicyclic) bond motifs is 1. The van der Waals surface area contributed by atoms with E-state index in [4.69, 9.17) is 0 Å². The zero-order valence-electron chi connectivity index (χ0n) is 7.58. The van der Waals surface area contributed by atoms with E-state index in [9.17, 15) is 13.2 Å². The molecule has 0 aliphatic heterocycles. The van der Waals surface area contributed by atoms with Crippen LogP contribution in [0, 0.1) is 0 Å². The average Bonchev–Trinajstić information content (AvgIpc) is 2.60. The first-order valence-corrected chi connectivity index (χ1v) is 5.16. The van der Waals surface area contributed by atoms with Gasteiger partial charge in [0.05, 0.1) is 0 Å². The second-order valence-corrected chi connectivity index (χ2v) is 4.04. The molecule has 0 unspecified atom stereocenters. The normalized spacial score (nSPS) is 12.7. The van der Waals surface area contributed by atoms with E-state index >= 15 is 0 Å². The van der Waals surface area contributed by atoms with Gasteiger partial charge >= 0.3 is 6.18 Å². The highest BCUT2D eigenvalue weighted by atomic mass is 32.1. The molecule has 0 saturated heterocycles. The van der Waals surface area contributed by atoms with Crippen molar-refractivity contribution in [3.05, 3.63) is 41.3 Å². The van der Waals surface area contributed by atoms with Gasteiger partial charge < -0.3 is 0 Å². The smallest absolute Gasteiger partial charge is 0.167 e. The van der Waals surface area contributed by atoms with Gasteiger partial charge in [-0.05, 0) is 34.5 Å². The molecule has 0 spiro atoms. The van der Waals surface area contributed by atoms with Crippen molar-refractivity contribution in [3.63, 3.8) is 0 Å². The summed E-state index contributed by atoms with van der Waals surface area (Å²) in [6.07, 6.45) is -2.92. The fraction of sp³-hybridized carbons (Fsp3) is 0.0909. The van der Waals surface area contributed by atoms with Crippen molar-refractivity contribution in [1.82, 2.24) is 0 Å². The predicted molar refractivity (Wildman–Crippen MR) is 56.9 cm³/mol. The Kier molecular flexibility index (Phi) is 2.52. The summed E-state index contributed by atoms with van der Waals surface area (Å²) in [5.41, 5.74) is 0.568. The molecular formula is C11H7F3S. The first kappa shape index (κ1) is 10.2. The average molecular weight is 228 g/mol. The molecule has 0 bridgehead atoms. The molecule has 0 nitrogen and oxygen atoms in total. The van der Waals surface area contributed by atoms with Gasteiger partial charge in [-0.1, -0.05) is 12.1 Å². The van der Waals surface area contributed by atoms with Crippen molar-refractivity contribution < 1.29 is 13.2 Å². The Balaban J connectivity index is 2.33. The van der Waals surface area contributed by atoms with Gasteiger partial charge in [-0.25, -0.2) is 0 Å². The molecule has 2 rings (SSSR count). The first-order chi connectivity index (χ1) is 7.04. The van der Waals surface area contributed by atoms with Gasteiger partial charge in [-0.2, -0.15) is 13.2 Å². The Morgan fingerprint density at radius 2 is 1.93 bits per heavy atom. The number of halogens is 3. The first-order valence-electron chi connectivity index (χ1n) is 4.28. The molecule has 0 radical (unpaired) electrons. The molecule has 0 aliphatic carbocycles. The molecule has 0 saturated carbocycles. The van der Waals surface area contributed by atoms with Gasteiger partial charge in [-0.15, -0.1) is 11.3 Å². The molecule has 2 aromatic rings. The van der Waals surface area contributed by atoms with E-state index in [1.807, 2.05) is 17.5 Å². The monoisotopic (exact) mass is 228 g/mol. The molecule has 1 aromatic heterocycles. The third kappa shape index (κ3) is 2.59. The van der Waals surface area contributed by atoms with Crippen LogP contribution in [-0.2, 0) is 0 Å². The fourth-order valence-corrected chi connectivity index (χ4v) is 2.05. The molecule has 15 heavy (non-hydrogen) atoms. The number of rotatable bonds is 1. The van der Waals surface area contributed by atoms with E-state index < -0.39 is 6.18 Å². The topological polar surface area (TPSA) is 0 Å². The summed E-state index contributed by atoms with van der Waals surface area (Å²) in [5.74, 6) is 0. The number of thiophene rings is 1. The van der Waals surface area contributed by atoms with Gasteiger partial charge in [0, 0.05) is 10.8 Å². The lowest BCUT2D eigenvalue weighted by Gasteiger charge is -1.98. The van der Waals surface area contributed by atoms with Crippen LogP contribution in [-0.4, -0.2) is 6.18 Å². The Bertz CT molecular complexity index is 494. The Labute approximate surface area is 88.7 Å². The molecule has 0 aliphatic rings. The van der Waals surface area contributed by atoms with Gasteiger partial charge in [0.15, 0.2) is 0 Å². The maximum atomic E-state index is 11.9. The minimum absolute atomic E-state index is 0.251. The summed E-state index contributed by atoms with van der Waals surface area (Å²) in [6, 6.07) is 7.15. The summed E-state index contributed by atoms with van der Waals surface area (Å²) in [5, 5.41) is 2.89. The van der Waals surface area contributed by atoms with E-state index in [1.165, 1.54) is 0 Å². The zero-order valence-corrected chi connectivity index (χ0v) is 8.40. The van der Waals surface area contributed by atoms with Crippen LogP contribution in [0.15, 0.2) is 35.7 Å². The molecule has 1 heterocycles. The maximum absolute atomic E-state index is 11.9. The SMILES string of the molecule is FC(F)(F)C=Cc1ccc2sccc2c1. The summed E-state index contributed by atoms with van der Waals surface area (Å²) in [7, 11) is 0. The Morgan fingerprint density at radius 3 is 2.67 bits per heavy atom. The lowest BCUT2D eigenvalue weighted by molar-refractivity contribution is -0.0790. The van der Waals surface area contributed by atoms with Gasteiger partial charge in [0.25, 0.3) is 0 Å². The van der Waals surface area contributed by atoms with Crippen LogP contribution < -0.4 is 0 Å². The van der Waals surface area contributed by atoms with Gasteiger partial charge in [0.1, 0.15) is 0 Å². The van der Waals surface area contributed by atoms with Crippen molar-refractivity contribution in [3.8, 4) is 0 Å². The summed E-state index contributed by atoms with van der Waals surface area (Å²) in [6.45, 7) is 0. The van der Waals surface area contributed by atoms with Crippen molar-refractivity contribution in [1.29, 1.82) is 0 Å². The summed E-state index contributed by atoms with van der Waals surface area (Å²) in [4.78, 5) is 0. The third-order valence-electron chi connectivity index (χ3n) is 1.94. The van der Waals surface area contributed by atoms with Crippen molar-refractivity contribution >= 4 is 27.5 Å². The second-order valence-electron chi connectivity index (χ2n) is 3.09. The van der Waals surface area contributed by atoms with Crippen LogP contribution in [0.25, 0.3) is 16.2 Å². The largest absolute Gasteiger partial charge is 0.409 e. The third-order valence-corrected chi connectivity index (χ3v) is 2.84. The van der Waals surface area contributed by atoms with Crippen molar-refractivity contribution in [2.45, 2.75) is 6.18 Å².